The first-order valence-electron chi connectivity index (χ1n) is 7.88. The lowest BCUT2D eigenvalue weighted by Gasteiger charge is -2.55. The summed E-state index contributed by atoms with van der Waals surface area (Å²) < 4.78 is 0. The van der Waals surface area contributed by atoms with Crippen molar-refractivity contribution in [2.24, 2.45) is 22.4 Å². The number of nitrogens with zero attached hydrogens (tertiary/aromatic N) is 1. The van der Waals surface area contributed by atoms with Crippen LogP contribution in [0.2, 0.25) is 0 Å². The number of nitrogens with one attached hydrogen (secondary N) is 2. The molecule has 4 rings (SSSR count). The van der Waals surface area contributed by atoms with E-state index in [1.165, 1.54) is 12.0 Å². The molecule has 2 atom stereocenters. The third-order valence-electron chi connectivity index (χ3n) is 5.14. The summed E-state index contributed by atoms with van der Waals surface area (Å²) in [5.74, 6) is 1.27. The number of allylic oxidation sites excluding steroid dienone is 2. The van der Waals surface area contributed by atoms with Gasteiger partial charge in [0.25, 0.3) is 5.91 Å². The van der Waals surface area contributed by atoms with Crippen LogP contribution in [0.25, 0.3) is 0 Å². The van der Waals surface area contributed by atoms with Gasteiger partial charge in [0.15, 0.2) is 0 Å². The highest BCUT2D eigenvalue weighted by Gasteiger charge is 2.50. The molecule has 3 aliphatic carbocycles. The van der Waals surface area contributed by atoms with Crippen molar-refractivity contribution in [3.8, 4) is 0 Å². The Balaban J connectivity index is 1.46. The van der Waals surface area contributed by atoms with E-state index < -0.39 is 0 Å². The molecule has 4 nitrogen and oxygen atoms in total. The number of benzene rings is 1. The Kier molecular flexibility index (Phi) is 4.01. The zero-order valence-electron chi connectivity index (χ0n) is 13.2. The fourth-order valence-corrected chi connectivity index (χ4v) is 3.50. The highest BCUT2D eigenvalue weighted by molar-refractivity contribution is 5.84. The molecular formula is C18H23N3O. The van der Waals surface area contributed by atoms with Crippen molar-refractivity contribution < 1.29 is 4.79 Å². The molecule has 0 saturated heterocycles. The van der Waals surface area contributed by atoms with Gasteiger partial charge in [-0.3, -0.25) is 4.79 Å². The monoisotopic (exact) mass is 297 g/mol. The summed E-state index contributed by atoms with van der Waals surface area (Å²) in [5, 5.41) is 7.18. The van der Waals surface area contributed by atoms with E-state index in [9.17, 15) is 4.79 Å². The zero-order chi connectivity index (χ0) is 15.6. The van der Waals surface area contributed by atoms with Crippen molar-refractivity contribution in [1.29, 1.82) is 0 Å². The first-order valence-corrected chi connectivity index (χ1v) is 7.88. The SMILES string of the molecule is CC1(C)[C@@H]2CC=C(/C=N\NC(=O)CNc3ccccc3)[C@@H]1C2. The largest absolute Gasteiger partial charge is 0.376 e. The second-order valence-electron chi connectivity index (χ2n) is 6.76. The number of anilines is 1. The van der Waals surface area contributed by atoms with Crippen molar-refractivity contribution in [2.75, 3.05) is 11.9 Å². The highest BCUT2D eigenvalue weighted by Crippen LogP contribution is 2.58. The first kappa shape index (κ1) is 14.8. The summed E-state index contributed by atoms with van der Waals surface area (Å²) in [6.07, 6.45) is 6.48. The lowest BCUT2D eigenvalue weighted by Crippen LogP contribution is -2.48. The molecule has 2 N–H and O–H groups in total. The summed E-state index contributed by atoms with van der Waals surface area (Å²) in [4.78, 5) is 11.8. The van der Waals surface area contributed by atoms with Crippen LogP contribution in [0.15, 0.2) is 47.1 Å². The molecule has 0 radical (unpaired) electrons. The minimum absolute atomic E-state index is 0.137. The third kappa shape index (κ3) is 2.91. The molecule has 4 heteroatoms. The molecule has 2 bridgehead atoms. The molecule has 22 heavy (non-hydrogen) atoms. The van der Waals surface area contributed by atoms with Crippen LogP contribution >= 0.6 is 0 Å². The molecule has 3 aliphatic rings. The number of carbonyl (C=O) groups is 1. The minimum atomic E-state index is -0.137. The molecule has 0 spiro atoms. The third-order valence-corrected chi connectivity index (χ3v) is 5.14. The molecule has 0 aromatic heterocycles. The van der Waals surface area contributed by atoms with Crippen molar-refractivity contribution in [2.45, 2.75) is 26.7 Å². The van der Waals surface area contributed by atoms with Crippen LogP contribution in [-0.4, -0.2) is 18.7 Å². The van der Waals surface area contributed by atoms with Gasteiger partial charge >= 0.3 is 0 Å². The van der Waals surface area contributed by atoms with Gasteiger partial charge in [0.05, 0.1) is 12.8 Å². The van der Waals surface area contributed by atoms with Gasteiger partial charge in [-0.2, -0.15) is 5.10 Å². The van der Waals surface area contributed by atoms with E-state index in [1.54, 1.807) is 0 Å². The molecule has 1 aromatic carbocycles. The second kappa shape index (κ2) is 5.95. The van der Waals surface area contributed by atoms with Gasteiger partial charge in [-0.25, -0.2) is 5.43 Å². The molecule has 1 amide bonds. The number of hydrazone groups is 1. The summed E-state index contributed by atoms with van der Waals surface area (Å²) in [5.41, 5.74) is 5.17. The van der Waals surface area contributed by atoms with E-state index in [1.807, 2.05) is 36.5 Å². The van der Waals surface area contributed by atoms with Crippen LogP contribution in [-0.2, 0) is 4.79 Å². The van der Waals surface area contributed by atoms with E-state index in [2.05, 4.69) is 35.8 Å². The van der Waals surface area contributed by atoms with Gasteiger partial charge < -0.3 is 5.32 Å². The normalized spacial score (nSPS) is 25.3. The number of hydrogen-bond donors (Lipinski definition) is 2. The van der Waals surface area contributed by atoms with Gasteiger partial charge in [0.2, 0.25) is 0 Å². The fourth-order valence-electron chi connectivity index (χ4n) is 3.50. The van der Waals surface area contributed by atoms with Gasteiger partial charge in [-0.1, -0.05) is 38.1 Å². The Bertz CT molecular complexity index is 604. The molecule has 0 heterocycles. The van der Waals surface area contributed by atoms with Crippen molar-refractivity contribution in [1.82, 2.24) is 5.43 Å². The standard InChI is InChI=1S/C18H23N3O/c1-18(2)14-9-8-13(16(18)10-14)11-20-21-17(22)12-19-15-6-4-3-5-7-15/h3-8,11,14,16,19H,9-10,12H2,1-2H3,(H,21,22)/b20-11-/t14-,16+/m1/s1. The number of hydrogen-bond acceptors (Lipinski definition) is 3. The van der Waals surface area contributed by atoms with Gasteiger partial charge in [0, 0.05) is 5.69 Å². The van der Waals surface area contributed by atoms with E-state index in [4.69, 9.17) is 0 Å². The Labute approximate surface area is 131 Å². The van der Waals surface area contributed by atoms with E-state index in [0.717, 1.165) is 18.0 Å². The molecule has 1 saturated carbocycles. The smallest absolute Gasteiger partial charge is 0.259 e. The predicted molar refractivity (Wildman–Crippen MR) is 89.6 cm³/mol. The molecule has 0 unspecified atom stereocenters. The van der Waals surface area contributed by atoms with Crippen LogP contribution in [0.1, 0.15) is 26.7 Å². The van der Waals surface area contributed by atoms with E-state index in [0.29, 0.717) is 11.3 Å². The quantitative estimate of drug-likeness (QED) is 0.648. The van der Waals surface area contributed by atoms with Gasteiger partial charge in [0.1, 0.15) is 0 Å². The highest BCUT2D eigenvalue weighted by atomic mass is 16.2. The Morgan fingerprint density at radius 2 is 2.14 bits per heavy atom. The molecule has 1 fully saturated rings. The van der Waals surface area contributed by atoms with Crippen LogP contribution in [0, 0.1) is 17.3 Å². The topological polar surface area (TPSA) is 53.5 Å². The van der Waals surface area contributed by atoms with Crippen molar-refractivity contribution in [3.05, 3.63) is 42.0 Å². The summed E-state index contributed by atoms with van der Waals surface area (Å²) in [7, 11) is 0. The van der Waals surface area contributed by atoms with Crippen LogP contribution in [0.4, 0.5) is 5.69 Å². The summed E-state index contributed by atoms with van der Waals surface area (Å²) >= 11 is 0. The lowest BCUT2D eigenvalue weighted by atomic mass is 9.49. The van der Waals surface area contributed by atoms with Crippen molar-refractivity contribution in [3.63, 3.8) is 0 Å². The zero-order valence-corrected chi connectivity index (χ0v) is 13.2. The first-order chi connectivity index (χ1) is 10.6. The van der Waals surface area contributed by atoms with Gasteiger partial charge in [-0.15, -0.1) is 0 Å². The predicted octanol–water partition coefficient (Wildman–Crippen LogP) is 3.19. The maximum absolute atomic E-state index is 11.8. The maximum Gasteiger partial charge on any atom is 0.259 e. The molecule has 1 aromatic rings. The average molecular weight is 297 g/mol. The van der Waals surface area contributed by atoms with E-state index >= 15 is 0 Å². The number of rotatable bonds is 5. The summed E-state index contributed by atoms with van der Waals surface area (Å²) in [6, 6.07) is 9.67. The summed E-state index contributed by atoms with van der Waals surface area (Å²) in [6.45, 7) is 4.88. The second-order valence-corrected chi connectivity index (χ2v) is 6.76. The maximum atomic E-state index is 11.8. The molecule has 0 aliphatic heterocycles. The Hall–Kier alpha value is -2.10. The fraction of sp³-hybridized carbons (Fsp3) is 0.444. The van der Waals surface area contributed by atoms with Gasteiger partial charge in [-0.05, 0) is 47.8 Å². The van der Waals surface area contributed by atoms with Crippen molar-refractivity contribution >= 4 is 17.8 Å². The number of carbonyl (C=O) groups excluding carboxylic acids is 1. The number of amides is 1. The minimum Gasteiger partial charge on any atom is -0.376 e. The average Bonchev–Trinajstić information content (AvgIpc) is 2.54. The van der Waals surface area contributed by atoms with E-state index in [-0.39, 0.29) is 12.5 Å². The Morgan fingerprint density at radius 3 is 2.82 bits per heavy atom. The lowest BCUT2D eigenvalue weighted by molar-refractivity contribution is -0.119. The van der Waals surface area contributed by atoms with Crippen LogP contribution in [0.3, 0.4) is 0 Å². The number of para-hydroxylation sites is 1. The number of fused-ring (bicyclic) bond motifs is 1. The van der Waals surface area contributed by atoms with Crippen LogP contribution in [0.5, 0.6) is 0 Å². The molecular weight excluding hydrogens is 274 g/mol. The van der Waals surface area contributed by atoms with Crippen LogP contribution < -0.4 is 10.7 Å². The Morgan fingerprint density at radius 1 is 1.36 bits per heavy atom. The molecule has 116 valence electrons.